The lowest BCUT2D eigenvalue weighted by Gasteiger charge is -2.34. The molecule has 1 saturated heterocycles. The Bertz CT molecular complexity index is 757. The Hall–Kier alpha value is -1.59. The highest BCUT2D eigenvalue weighted by Crippen LogP contribution is 2.34. The molecule has 3 rings (SSSR count). The summed E-state index contributed by atoms with van der Waals surface area (Å²) in [5.74, 6) is 1.53. The summed E-state index contributed by atoms with van der Waals surface area (Å²) in [6, 6.07) is 14.5. The van der Waals surface area contributed by atoms with Crippen LogP contribution in [0.2, 0.25) is 0 Å². The number of rotatable bonds is 3. The van der Waals surface area contributed by atoms with E-state index in [0.29, 0.717) is 5.92 Å². The second-order valence-corrected chi connectivity index (χ2v) is 7.64. The third kappa shape index (κ3) is 4.33. The Morgan fingerprint density at radius 3 is 2.60 bits per heavy atom. The smallest absolute Gasteiger partial charge is 0.173 e. The molecule has 1 fully saturated rings. The zero-order valence-corrected chi connectivity index (χ0v) is 17.0. The van der Waals surface area contributed by atoms with E-state index < -0.39 is 0 Å². The Morgan fingerprint density at radius 2 is 1.92 bits per heavy atom. The first-order chi connectivity index (χ1) is 12.1. The number of hydrogen-bond donors (Lipinski definition) is 1. The number of thiocarbonyl (C=S) groups is 1. The van der Waals surface area contributed by atoms with E-state index in [9.17, 15) is 0 Å². The molecule has 0 unspecified atom stereocenters. The van der Waals surface area contributed by atoms with E-state index in [4.69, 9.17) is 17.0 Å². The van der Waals surface area contributed by atoms with Crippen molar-refractivity contribution in [3.8, 4) is 5.75 Å². The van der Waals surface area contributed by atoms with E-state index >= 15 is 0 Å². The number of benzene rings is 2. The Labute approximate surface area is 163 Å². The fourth-order valence-electron chi connectivity index (χ4n) is 3.32. The van der Waals surface area contributed by atoms with Gasteiger partial charge in [-0.2, -0.15) is 0 Å². The predicted molar refractivity (Wildman–Crippen MR) is 112 cm³/mol. The molecule has 1 heterocycles. The van der Waals surface area contributed by atoms with Crippen molar-refractivity contribution < 1.29 is 4.74 Å². The number of hydrogen-bond acceptors (Lipinski definition) is 2. The molecule has 0 aliphatic carbocycles. The SMILES string of the molecule is COc1ccccc1C1CCN(C(=S)Nc2ccc(Br)c(C)c2)CC1. The van der Waals surface area contributed by atoms with Crippen LogP contribution in [0.5, 0.6) is 5.75 Å². The summed E-state index contributed by atoms with van der Waals surface area (Å²) in [7, 11) is 1.74. The quantitative estimate of drug-likeness (QED) is 0.679. The van der Waals surface area contributed by atoms with Gasteiger partial charge in [0, 0.05) is 23.2 Å². The van der Waals surface area contributed by atoms with Crippen molar-refractivity contribution in [3.63, 3.8) is 0 Å². The number of piperidine rings is 1. The molecule has 3 nitrogen and oxygen atoms in total. The van der Waals surface area contributed by atoms with Gasteiger partial charge in [-0.3, -0.25) is 0 Å². The molecular weight excluding hydrogens is 396 g/mol. The highest BCUT2D eigenvalue weighted by Gasteiger charge is 2.24. The van der Waals surface area contributed by atoms with Gasteiger partial charge in [0.15, 0.2) is 5.11 Å². The number of anilines is 1. The van der Waals surface area contributed by atoms with Crippen LogP contribution in [0.4, 0.5) is 5.69 Å². The number of likely N-dealkylation sites (tertiary alicyclic amines) is 1. The van der Waals surface area contributed by atoms with E-state index in [2.05, 4.69) is 51.3 Å². The van der Waals surface area contributed by atoms with Crippen LogP contribution in [0.1, 0.15) is 29.9 Å². The molecule has 0 amide bonds. The lowest BCUT2D eigenvalue weighted by Crippen LogP contribution is -2.40. The molecule has 0 spiro atoms. The lowest BCUT2D eigenvalue weighted by molar-refractivity contribution is 0.310. The van der Waals surface area contributed by atoms with Gasteiger partial charge in [-0.15, -0.1) is 0 Å². The van der Waals surface area contributed by atoms with Crippen LogP contribution in [0.15, 0.2) is 46.9 Å². The minimum Gasteiger partial charge on any atom is -0.496 e. The lowest BCUT2D eigenvalue weighted by atomic mass is 9.89. The van der Waals surface area contributed by atoms with E-state index in [1.54, 1.807) is 7.11 Å². The maximum atomic E-state index is 5.61. The minimum absolute atomic E-state index is 0.533. The molecule has 0 atom stereocenters. The van der Waals surface area contributed by atoms with E-state index in [1.807, 2.05) is 24.3 Å². The minimum atomic E-state index is 0.533. The first kappa shape index (κ1) is 18.2. The van der Waals surface area contributed by atoms with Crippen LogP contribution in [0.25, 0.3) is 0 Å². The zero-order chi connectivity index (χ0) is 17.8. The highest BCUT2D eigenvalue weighted by atomic mass is 79.9. The number of aryl methyl sites for hydroxylation is 1. The highest BCUT2D eigenvalue weighted by molar-refractivity contribution is 9.10. The molecule has 132 valence electrons. The molecule has 1 N–H and O–H groups in total. The van der Waals surface area contributed by atoms with Crippen molar-refractivity contribution in [2.24, 2.45) is 0 Å². The van der Waals surface area contributed by atoms with Gasteiger partial charge in [0.25, 0.3) is 0 Å². The monoisotopic (exact) mass is 418 g/mol. The average molecular weight is 419 g/mol. The summed E-state index contributed by atoms with van der Waals surface area (Å²) >= 11 is 9.15. The van der Waals surface area contributed by atoms with E-state index in [-0.39, 0.29) is 0 Å². The van der Waals surface area contributed by atoms with Gasteiger partial charge >= 0.3 is 0 Å². The summed E-state index contributed by atoms with van der Waals surface area (Å²) in [5, 5.41) is 4.17. The molecule has 0 radical (unpaired) electrons. The summed E-state index contributed by atoms with van der Waals surface area (Å²) in [5.41, 5.74) is 3.55. The van der Waals surface area contributed by atoms with Crippen molar-refractivity contribution in [2.75, 3.05) is 25.5 Å². The van der Waals surface area contributed by atoms with Crippen molar-refractivity contribution in [1.82, 2.24) is 4.90 Å². The fraction of sp³-hybridized carbons (Fsp3) is 0.350. The molecule has 2 aromatic carbocycles. The van der Waals surface area contributed by atoms with Gasteiger partial charge in [-0.1, -0.05) is 34.1 Å². The molecule has 25 heavy (non-hydrogen) atoms. The molecule has 0 saturated carbocycles. The Balaban J connectivity index is 1.60. The van der Waals surface area contributed by atoms with E-state index in [1.165, 1.54) is 11.1 Å². The maximum absolute atomic E-state index is 5.61. The van der Waals surface area contributed by atoms with Gasteiger partial charge in [-0.05, 0) is 73.3 Å². The van der Waals surface area contributed by atoms with Gasteiger partial charge in [0.1, 0.15) is 5.75 Å². The number of halogens is 1. The van der Waals surface area contributed by atoms with Crippen molar-refractivity contribution in [1.29, 1.82) is 0 Å². The van der Waals surface area contributed by atoms with Crippen LogP contribution < -0.4 is 10.1 Å². The number of ether oxygens (including phenoxy) is 1. The van der Waals surface area contributed by atoms with Gasteiger partial charge in [0.05, 0.1) is 7.11 Å². The fourth-order valence-corrected chi connectivity index (χ4v) is 3.87. The third-order valence-corrected chi connectivity index (χ3v) is 6.02. The standard InChI is InChI=1S/C20H23BrN2OS/c1-14-13-16(7-8-18(14)21)22-20(25)23-11-9-15(10-12-23)17-5-3-4-6-19(17)24-2/h3-8,13,15H,9-12H2,1-2H3,(H,22,25). The molecule has 0 bridgehead atoms. The summed E-state index contributed by atoms with van der Waals surface area (Å²) in [4.78, 5) is 2.26. The average Bonchev–Trinajstić information content (AvgIpc) is 2.65. The number of nitrogens with one attached hydrogen (secondary N) is 1. The molecule has 5 heteroatoms. The number of nitrogens with zero attached hydrogens (tertiary/aromatic N) is 1. The first-order valence-corrected chi connectivity index (χ1v) is 9.73. The van der Waals surface area contributed by atoms with E-state index in [0.717, 1.165) is 47.0 Å². The topological polar surface area (TPSA) is 24.5 Å². The van der Waals surface area contributed by atoms with Crippen LogP contribution in [0.3, 0.4) is 0 Å². The second-order valence-electron chi connectivity index (χ2n) is 6.40. The molecule has 2 aromatic rings. The predicted octanol–water partition coefficient (Wildman–Crippen LogP) is 5.34. The number of methoxy groups -OCH3 is 1. The summed E-state index contributed by atoms with van der Waals surface area (Å²) in [6.07, 6.45) is 2.17. The van der Waals surface area contributed by atoms with Crippen LogP contribution in [-0.2, 0) is 0 Å². The zero-order valence-electron chi connectivity index (χ0n) is 14.6. The summed E-state index contributed by atoms with van der Waals surface area (Å²) in [6.45, 7) is 4.01. The molecular formula is C20H23BrN2OS. The third-order valence-electron chi connectivity index (χ3n) is 4.77. The van der Waals surface area contributed by atoms with Crippen LogP contribution >= 0.6 is 28.1 Å². The largest absolute Gasteiger partial charge is 0.496 e. The van der Waals surface area contributed by atoms with Crippen LogP contribution in [0, 0.1) is 6.92 Å². The van der Waals surface area contributed by atoms with Crippen LogP contribution in [-0.4, -0.2) is 30.2 Å². The molecule has 1 aliphatic heterocycles. The Morgan fingerprint density at radius 1 is 1.20 bits per heavy atom. The normalized spacial score (nSPS) is 15.1. The number of para-hydroxylation sites is 1. The van der Waals surface area contributed by atoms with Gasteiger partial charge in [0.2, 0.25) is 0 Å². The summed E-state index contributed by atoms with van der Waals surface area (Å²) < 4.78 is 6.63. The molecule has 1 aliphatic rings. The first-order valence-electron chi connectivity index (χ1n) is 8.53. The van der Waals surface area contributed by atoms with Crippen molar-refractivity contribution in [3.05, 3.63) is 58.1 Å². The van der Waals surface area contributed by atoms with Crippen molar-refractivity contribution >= 4 is 38.9 Å². The van der Waals surface area contributed by atoms with Gasteiger partial charge < -0.3 is 15.0 Å². The maximum Gasteiger partial charge on any atom is 0.173 e. The van der Waals surface area contributed by atoms with Gasteiger partial charge in [-0.25, -0.2) is 0 Å². The molecule has 0 aromatic heterocycles. The van der Waals surface area contributed by atoms with Crippen molar-refractivity contribution in [2.45, 2.75) is 25.7 Å². The second kappa shape index (κ2) is 8.19. The Kier molecular flexibility index (Phi) is 5.97.